The van der Waals surface area contributed by atoms with E-state index in [1.54, 1.807) is 0 Å². The van der Waals surface area contributed by atoms with Crippen molar-refractivity contribution < 1.29 is 0 Å². The third-order valence-corrected chi connectivity index (χ3v) is 4.32. The summed E-state index contributed by atoms with van der Waals surface area (Å²) >= 11 is 0. The Balaban J connectivity index is 1.64. The van der Waals surface area contributed by atoms with Crippen molar-refractivity contribution in [3.05, 3.63) is 54.4 Å². The number of aromatic nitrogens is 3. The molecule has 0 unspecified atom stereocenters. The van der Waals surface area contributed by atoms with Crippen molar-refractivity contribution in [1.29, 1.82) is 5.26 Å². The van der Waals surface area contributed by atoms with Crippen LogP contribution in [0, 0.1) is 11.3 Å². The predicted octanol–water partition coefficient (Wildman–Crippen LogP) is 2.22. The maximum Gasteiger partial charge on any atom is 0.187 e. The summed E-state index contributed by atoms with van der Waals surface area (Å²) in [6.45, 7) is 3.36. The first kappa shape index (κ1) is 14.4. The van der Waals surface area contributed by atoms with Crippen molar-refractivity contribution in [3.8, 4) is 6.07 Å². The third-order valence-electron chi connectivity index (χ3n) is 4.32. The minimum atomic E-state index is 0.389. The highest BCUT2D eigenvalue weighted by atomic mass is 15.3. The normalized spacial score (nSPS) is 14.6. The van der Waals surface area contributed by atoms with Gasteiger partial charge in [0.1, 0.15) is 11.9 Å². The Morgan fingerprint density at radius 2 is 1.62 bits per heavy atom. The second-order valence-electron chi connectivity index (χ2n) is 5.69. The summed E-state index contributed by atoms with van der Waals surface area (Å²) in [5, 5.41) is 18.7. The Labute approximate surface area is 140 Å². The number of hydrogen-bond donors (Lipinski definition) is 0. The monoisotopic (exact) mass is 316 g/mol. The van der Waals surface area contributed by atoms with Crippen LogP contribution in [0.15, 0.2) is 48.7 Å². The largest absolute Gasteiger partial charge is 0.365 e. The molecule has 0 spiro atoms. The Hall–Kier alpha value is -3.20. The highest BCUT2D eigenvalue weighted by molar-refractivity contribution is 5.93. The van der Waals surface area contributed by atoms with Crippen molar-refractivity contribution >= 4 is 22.4 Å². The summed E-state index contributed by atoms with van der Waals surface area (Å²) in [6, 6.07) is 16.0. The van der Waals surface area contributed by atoms with Crippen LogP contribution in [-0.4, -0.2) is 41.4 Å². The van der Waals surface area contributed by atoms with Gasteiger partial charge in [0.25, 0.3) is 0 Å². The van der Waals surface area contributed by atoms with Gasteiger partial charge in [-0.25, -0.2) is 4.98 Å². The molecule has 0 saturated carbocycles. The molecule has 118 valence electrons. The van der Waals surface area contributed by atoms with Gasteiger partial charge in [-0.15, -0.1) is 10.2 Å². The van der Waals surface area contributed by atoms with E-state index < -0.39 is 0 Å². The van der Waals surface area contributed by atoms with Crippen LogP contribution in [0.2, 0.25) is 0 Å². The van der Waals surface area contributed by atoms with E-state index in [-0.39, 0.29) is 0 Å². The summed E-state index contributed by atoms with van der Waals surface area (Å²) in [4.78, 5) is 8.91. The molecule has 0 amide bonds. The van der Waals surface area contributed by atoms with Crippen molar-refractivity contribution in [2.45, 2.75) is 0 Å². The second kappa shape index (κ2) is 6.13. The molecule has 6 nitrogen and oxygen atoms in total. The summed E-state index contributed by atoms with van der Waals surface area (Å²) in [6.07, 6.45) is 1.82. The molecule has 1 saturated heterocycles. The highest BCUT2D eigenvalue weighted by Crippen LogP contribution is 2.29. The van der Waals surface area contributed by atoms with Gasteiger partial charge in [-0.1, -0.05) is 24.3 Å². The van der Waals surface area contributed by atoms with Crippen LogP contribution < -0.4 is 9.80 Å². The van der Waals surface area contributed by atoms with Gasteiger partial charge in [0.2, 0.25) is 0 Å². The van der Waals surface area contributed by atoms with Crippen LogP contribution in [0.1, 0.15) is 5.69 Å². The number of nitrogens with zero attached hydrogens (tertiary/aromatic N) is 6. The molecular weight excluding hydrogens is 300 g/mol. The molecule has 0 atom stereocenters. The van der Waals surface area contributed by atoms with Crippen LogP contribution in [-0.2, 0) is 0 Å². The zero-order valence-corrected chi connectivity index (χ0v) is 13.1. The Morgan fingerprint density at radius 3 is 2.38 bits per heavy atom. The third kappa shape index (κ3) is 2.50. The van der Waals surface area contributed by atoms with Crippen molar-refractivity contribution in [2.24, 2.45) is 0 Å². The molecule has 0 aliphatic carbocycles. The van der Waals surface area contributed by atoms with Crippen LogP contribution in [0.3, 0.4) is 0 Å². The van der Waals surface area contributed by atoms with E-state index >= 15 is 0 Å². The molecule has 0 bridgehead atoms. The molecule has 24 heavy (non-hydrogen) atoms. The van der Waals surface area contributed by atoms with Crippen LogP contribution in [0.4, 0.5) is 11.5 Å². The number of anilines is 2. The van der Waals surface area contributed by atoms with E-state index in [1.807, 2.05) is 48.7 Å². The summed E-state index contributed by atoms with van der Waals surface area (Å²) in [7, 11) is 0. The van der Waals surface area contributed by atoms with Crippen LogP contribution >= 0.6 is 0 Å². The van der Waals surface area contributed by atoms with E-state index in [9.17, 15) is 5.26 Å². The molecule has 0 radical (unpaired) electrons. The summed E-state index contributed by atoms with van der Waals surface area (Å²) in [5.41, 5.74) is 2.10. The molecule has 1 aromatic carbocycles. The van der Waals surface area contributed by atoms with Gasteiger partial charge in [0, 0.05) is 37.8 Å². The molecule has 1 aliphatic heterocycles. The van der Waals surface area contributed by atoms with E-state index in [2.05, 4.69) is 31.1 Å². The molecule has 0 N–H and O–H groups in total. The number of hydrogen-bond acceptors (Lipinski definition) is 6. The highest BCUT2D eigenvalue weighted by Gasteiger charge is 2.23. The van der Waals surface area contributed by atoms with Crippen LogP contribution in [0.25, 0.3) is 10.9 Å². The maximum absolute atomic E-state index is 9.44. The smallest absolute Gasteiger partial charge is 0.187 e. The van der Waals surface area contributed by atoms with Crippen LogP contribution in [0.5, 0.6) is 0 Å². The lowest BCUT2D eigenvalue weighted by Gasteiger charge is -2.37. The van der Waals surface area contributed by atoms with E-state index in [0.717, 1.165) is 48.6 Å². The fourth-order valence-electron chi connectivity index (χ4n) is 3.14. The SMILES string of the molecule is N#Cc1nnc2ccccc2c1N1CCN(c2ccccn2)CC1. The van der Waals surface area contributed by atoms with Gasteiger partial charge in [-0.2, -0.15) is 5.26 Å². The van der Waals surface area contributed by atoms with Gasteiger partial charge in [-0.3, -0.25) is 0 Å². The van der Waals surface area contributed by atoms with Gasteiger partial charge in [0.15, 0.2) is 5.69 Å². The Morgan fingerprint density at radius 1 is 0.875 bits per heavy atom. The van der Waals surface area contributed by atoms with Gasteiger partial charge in [0.05, 0.1) is 11.2 Å². The molecule has 3 heterocycles. The molecule has 1 aliphatic rings. The summed E-state index contributed by atoms with van der Waals surface area (Å²) in [5.74, 6) is 0.996. The molecular formula is C18H16N6. The summed E-state index contributed by atoms with van der Waals surface area (Å²) < 4.78 is 0. The standard InChI is InChI=1S/C18H16N6/c19-13-16-18(14-5-1-2-6-15(14)21-22-16)24-11-9-23(10-12-24)17-7-3-4-8-20-17/h1-8H,9-12H2. The van der Waals surface area contributed by atoms with E-state index in [4.69, 9.17) is 0 Å². The zero-order valence-electron chi connectivity index (χ0n) is 13.1. The zero-order chi connectivity index (χ0) is 16.4. The van der Waals surface area contributed by atoms with E-state index in [1.165, 1.54) is 0 Å². The van der Waals surface area contributed by atoms with Gasteiger partial charge >= 0.3 is 0 Å². The number of fused-ring (bicyclic) bond motifs is 1. The number of rotatable bonds is 2. The van der Waals surface area contributed by atoms with Crippen molar-refractivity contribution in [1.82, 2.24) is 15.2 Å². The minimum Gasteiger partial charge on any atom is -0.365 e. The molecule has 4 rings (SSSR count). The quantitative estimate of drug-likeness (QED) is 0.722. The fraction of sp³-hybridized carbons (Fsp3) is 0.222. The Kier molecular flexibility index (Phi) is 3.67. The molecule has 2 aromatic heterocycles. The average molecular weight is 316 g/mol. The van der Waals surface area contributed by atoms with Crippen molar-refractivity contribution in [3.63, 3.8) is 0 Å². The van der Waals surface area contributed by atoms with Gasteiger partial charge < -0.3 is 9.80 Å². The number of benzene rings is 1. The first-order chi connectivity index (χ1) is 11.9. The number of nitriles is 1. The molecule has 6 heteroatoms. The second-order valence-corrected chi connectivity index (χ2v) is 5.69. The molecule has 3 aromatic rings. The lowest BCUT2D eigenvalue weighted by Crippen LogP contribution is -2.47. The lowest BCUT2D eigenvalue weighted by atomic mass is 10.1. The van der Waals surface area contributed by atoms with E-state index in [0.29, 0.717) is 5.69 Å². The van der Waals surface area contributed by atoms with Gasteiger partial charge in [-0.05, 0) is 18.2 Å². The Bertz CT molecular complexity index is 894. The fourth-order valence-corrected chi connectivity index (χ4v) is 3.14. The molecule has 1 fully saturated rings. The number of pyridine rings is 1. The predicted molar refractivity (Wildman–Crippen MR) is 92.9 cm³/mol. The first-order valence-corrected chi connectivity index (χ1v) is 7.93. The maximum atomic E-state index is 9.44. The minimum absolute atomic E-state index is 0.389. The first-order valence-electron chi connectivity index (χ1n) is 7.93. The topological polar surface area (TPSA) is 68.9 Å². The van der Waals surface area contributed by atoms with Crippen molar-refractivity contribution in [2.75, 3.05) is 36.0 Å². The number of piperazine rings is 1. The average Bonchev–Trinajstić information content (AvgIpc) is 2.68. The lowest BCUT2D eigenvalue weighted by molar-refractivity contribution is 0.647.